The van der Waals surface area contributed by atoms with E-state index in [4.69, 9.17) is 5.21 Å². The first-order chi connectivity index (χ1) is 16.9. The van der Waals surface area contributed by atoms with Crippen molar-refractivity contribution in [2.45, 2.75) is 56.4 Å². The number of hydrogen-bond acceptors (Lipinski definition) is 5. The summed E-state index contributed by atoms with van der Waals surface area (Å²) in [5, 5.41) is 12.2. The zero-order chi connectivity index (χ0) is 25.1. The van der Waals surface area contributed by atoms with E-state index >= 15 is 0 Å². The van der Waals surface area contributed by atoms with Crippen LogP contribution < -0.4 is 10.8 Å². The van der Waals surface area contributed by atoms with Crippen molar-refractivity contribution in [3.8, 4) is 11.1 Å². The summed E-state index contributed by atoms with van der Waals surface area (Å²) < 4.78 is 25.4. The molecule has 0 spiro atoms. The van der Waals surface area contributed by atoms with E-state index in [2.05, 4.69) is 12.2 Å². The second kappa shape index (κ2) is 13.1. The summed E-state index contributed by atoms with van der Waals surface area (Å²) in [7, 11) is -3.28. The molecular formula is C28H34N2O4S. The van der Waals surface area contributed by atoms with Crippen molar-refractivity contribution < 1.29 is 18.4 Å². The first-order valence-corrected chi connectivity index (χ1v) is 13.8. The Morgan fingerprint density at radius 1 is 0.829 bits per heavy atom. The number of unbranched alkanes of at least 4 members (excludes halogenated alkanes) is 3. The minimum atomic E-state index is -3.28. The minimum absolute atomic E-state index is 0.168. The molecule has 1 atom stereocenters. The smallest absolute Gasteiger partial charge is 0.274 e. The monoisotopic (exact) mass is 494 g/mol. The zero-order valence-corrected chi connectivity index (χ0v) is 20.9. The summed E-state index contributed by atoms with van der Waals surface area (Å²) in [6.45, 7) is 2.13. The first kappa shape index (κ1) is 26.4. The number of amides is 1. The molecule has 35 heavy (non-hydrogen) atoms. The van der Waals surface area contributed by atoms with Crippen molar-refractivity contribution in [2.75, 3.05) is 11.1 Å². The van der Waals surface area contributed by atoms with Gasteiger partial charge in [-0.3, -0.25) is 10.0 Å². The van der Waals surface area contributed by atoms with Gasteiger partial charge in [0, 0.05) is 17.3 Å². The third-order valence-corrected chi connectivity index (χ3v) is 7.96. The fourth-order valence-electron chi connectivity index (χ4n) is 4.04. The molecule has 0 saturated heterocycles. The van der Waals surface area contributed by atoms with Crippen LogP contribution in [0.15, 0.2) is 83.8 Å². The molecule has 3 aromatic carbocycles. The minimum Gasteiger partial charge on any atom is -0.382 e. The molecular weight excluding hydrogens is 460 g/mol. The second-order valence-corrected chi connectivity index (χ2v) is 10.8. The van der Waals surface area contributed by atoms with Crippen LogP contribution >= 0.6 is 0 Å². The normalized spacial score (nSPS) is 12.2. The Kier molecular flexibility index (Phi) is 9.87. The third kappa shape index (κ3) is 7.94. The van der Waals surface area contributed by atoms with E-state index < -0.39 is 15.7 Å². The van der Waals surface area contributed by atoms with Crippen molar-refractivity contribution in [1.82, 2.24) is 5.48 Å². The summed E-state index contributed by atoms with van der Waals surface area (Å²) in [6, 6.07) is 24.4. The van der Waals surface area contributed by atoms with Crippen LogP contribution in [-0.2, 0) is 9.84 Å². The lowest BCUT2D eigenvalue weighted by Gasteiger charge is -2.18. The highest BCUT2D eigenvalue weighted by molar-refractivity contribution is 7.91. The molecule has 0 aliphatic carbocycles. The number of carbonyl (C=O) groups is 1. The Bertz CT molecular complexity index is 1160. The Morgan fingerprint density at radius 3 is 2.09 bits per heavy atom. The summed E-state index contributed by atoms with van der Waals surface area (Å²) in [6.07, 6.45) is 5.48. The van der Waals surface area contributed by atoms with Gasteiger partial charge in [0.15, 0.2) is 9.84 Å². The summed E-state index contributed by atoms with van der Waals surface area (Å²) in [5.41, 5.74) is 5.03. The lowest BCUT2D eigenvalue weighted by atomic mass is 10.0. The lowest BCUT2D eigenvalue weighted by molar-refractivity contribution is 0.0706. The molecule has 0 aromatic heterocycles. The van der Waals surface area contributed by atoms with Crippen LogP contribution in [0.4, 0.5) is 5.69 Å². The highest BCUT2D eigenvalue weighted by atomic mass is 32.2. The molecule has 0 fully saturated rings. The van der Waals surface area contributed by atoms with Gasteiger partial charge in [0.1, 0.15) is 0 Å². The Hall–Kier alpha value is -3.16. The molecule has 0 heterocycles. The number of nitrogens with one attached hydrogen (secondary N) is 2. The van der Waals surface area contributed by atoms with Gasteiger partial charge in [-0.15, -0.1) is 0 Å². The summed E-state index contributed by atoms with van der Waals surface area (Å²) in [5.74, 6) is -0.365. The van der Waals surface area contributed by atoms with Crippen molar-refractivity contribution in [3.63, 3.8) is 0 Å². The van der Waals surface area contributed by atoms with Gasteiger partial charge in [0.05, 0.1) is 10.6 Å². The molecule has 6 nitrogen and oxygen atoms in total. The number of sulfone groups is 1. The van der Waals surface area contributed by atoms with Crippen LogP contribution in [-0.4, -0.2) is 31.3 Å². The predicted octanol–water partition coefficient (Wildman–Crippen LogP) is 6.09. The number of benzene rings is 3. The second-order valence-electron chi connectivity index (χ2n) is 8.68. The number of hydrogen-bond donors (Lipinski definition) is 3. The van der Waals surface area contributed by atoms with E-state index in [1.807, 2.05) is 54.6 Å². The van der Waals surface area contributed by atoms with E-state index in [0.29, 0.717) is 22.9 Å². The van der Waals surface area contributed by atoms with E-state index in [0.717, 1.165) is 48.9 Å². The zero-order valence-electron chi connectivity index (χ0n) is 20.1. The predicted molar refractivity (Wildman–Crippen MR) is 140 cm³/mol. The van der Waals surface area contributed by atoms with Crippen molar-refractivity contribution >= 4 is 21.4 Å². The topological polar surface area (TPSA) is 95.5 Å². The molecule has 3 N–H and O–H groups in total. The summed E-state index contributed by atoms with van der Waals surface area (Å²) >= 11 is 0. The Balaban J connectivity index is 1.38. The fraction of sp³-hybridized carbons (Fsp3) is 0.321. The van der Waals surface area contributed by atoms with E-state index in [9.17, 15) is 13.2 Å². The fourth-order valence-corrected chi connectivity index (χ4v) is 5.41. The van der Waals surface area contributed by atoms with Crippen molar-refractivity contribution in [1.29, 1.82) is 0 Å². The molecule has 0 saturated carbocycles. The number of carbonyl (C=O) groups excluding carboxylic acids is 1. The highest BCUT2D eigenvalue weighted by Crippen LogP contribution is 2.22. The third-order valence-electron chi connectivity index (χ3n) is 6.15. The molecule has 1 unspecified atom stereocenters. The van der Waals surface area contributed by atoms with Crippen molar-refractivity contribution in [3.05, 3.63) is 84.4 Å². The van der Waals surface area contributed by atoms with Crippen molar-refractivity contribution in [2.24, 2.45) is 0 Å². The van der Waals surface area contributed by atoms with Crippen LogP contribution in [0, 0.1) is 0 Å². The number of anilines is 1. The van der Waals surface area contributed by atoms with Gasteiger partial charge in [-0.1, -0.05) is 68.7 Å². The van der Waals surface area contributed by atoms with Gasteiger partial charge in [-0.2, -0.15) is 0 Å². The SMILES string of the molecule is CCC(CCCCCCS(=O)(=O)c1ccc(-c2ccccc2)cc1)Nc1ccc(C(=O)NO)cc1. The quantitative estimate of drug-likeness (QED) is 0.152. The molecule has 186 valence electrons. The molecule has 7 heteroatoms. The van der Waals surface area contributed by atoms with E-state index in [1.165, 1.54) is 0 Å². The van der Waals surface area contributed by atoms with Crippen LogP contribution in [0.25, 0.3) is 11.1 Å². The molecule has 0 aliphatic rings. The Morgan fingerprint density at radius 2 is 1.46 bits per heavy atom. The number of hydroxylamine groups is 1. The molecule has 0 radical (unpaired) electrons. The molecule has 3 rings (SSSR count). The van der Waals surface area contributed by atoms with Crippen LogP contribution in [0.5, 0.6) is 0 Å². The van der Waals surface area contributed by atoms with Gasteiger partial charge in [0.2, 0.25) is 0 Å². The standard InChI is InChI=1S/C28H34N2O4S/c1-2-25(29-26-17-13-24(14-18-26)28(31)30-32)12-8-3-4-9-21-35(33,34)27-19-15-23(16-20-27)22-10-6-5-7-11-22/h5-7,10-11,13-20,25,29,32H,2-4,8-9,12,21H2,1H3,(H,30,31). The molecule has 1 amide bonds. The first-order valence-electron chi connectivity index (χ1n) is 12.1. The van der Waals surface area contributed by atoms with Crippen LogP contribution in [0.1, 0.15) is 55.8 Å². The lowest BCUT2D eigenvalue weighted by Crippen LogP contribution is -2.20. The van der Waals surface area contributed by atoms with E-state index in [-0.39, 0.29) is 5.75 Å². The number of rotatable bonds is 13. The maximum atomic E-state index is 12.7. The molecule has 3 aromatic rings. The Labute approximate surface area is 208 Å². The highest BCUT2D eigenvalue weighted by Gasteiger charge is 2.14. The maximum absolute atomic E-state index is 12.7. The van der Waals surface area contributed by atoms with Gasteiger partial charge in [-0.25, -0.2) is 13.9 Å². The average Bonchev–Trinajstić information content (AvgIpc) is 2.90. The average molecular weight is 495 g/mol. The maximum Gasteiger partial charge on any atom is 0.274 e. The van der Waals surface area contributed by atoms with Crippen LogP contribution in [0.2, 0.25) is 0 Å². The van der Waals surface area contributed by atoms with Gasteiger partial charge in [0.25, 0.3) is 5.91 Å². The largest absolute Gasteiger partial charge is 0.382 e. The molecule has 0 bridgehead atoms. The van der Waals surface area contributed by atoms with E-state index in [1.54, 1.807) is 29.7 Å². The van der Waals surface area contributed by atoms with Gasteiger partial charge >= 0.3 is 0 Å². The van der Waals surface area contributed by atoms with Gasteiger partial charge in [-0.05, 0) is 66.8 Å². The summed E-state index contributed by atoms with van der Waals surface area (Å²) in [4.78, 5) is 11.8. The molecule has 0 aliphatic heterocycles. The van der Waals surface area contributed by atoms with Crippen LogP contribution in [0.3, 0.4) is 0 Å². The van der Waals surface area contributed by atoms with Gasteiger partial charge < -0.3 is 5.32 Å².